The summed E-state index contributed by atoms with van der Waals surface area (Å²) in [5.41, 5.74) is 7.62. The maximum absolute atomic E-state index is 11.8. The highest BCUT2D eigenvalue weighted by Crippen LogP contribution is 2.16. The van der Waals surface area contributed by atoms with Crippen molar-refractivity contribution in [3.63, 3.8) is 0 Å². The largest absolute Gasteiger partial charge is 0.387 e. The number of carbonyl (C=O) groups is 1. The molecule has 1 rings (SSSR count). The van der Waals surface area contributed by atoms with Gasteiger partial charge in [-0.15, -0.1) is 12.4 Å². The topological polar surface area (TPSA) is 75.3 Å². The van der Waals surface area contributed by atoms with E-state index in [2.05, 4.69) is 5.32 Å². The number of nitrogens with two attached hydrogens (primary N) is 1. The van der Waals surface area contributed by atoms with E-state index < -0.39 is 12.1 Å². The van der Waals surface area contributed by atoms with Crippen LogP contribution >= 0.6 is 12.4 Å². The van der Waals surface area contributed by atoms with Gasteiger partial charge < -0.3 is 16.2 Å². The number of hydrogen-bond acceptors (Lipinski definition) is 3. The lowest BCUT2D eigenvalue weighted by atomic mass is 10.0. The Bertz CT molecular complexity index is 424. The number of carbonyl (C=O) groups excluding carboxylic acids is 1. The smallest absolute Gasteiger partial charge is 0.237 e. The minimum absolute atomic E-state index is 0. The minimum Gasteiger partial charge on any atom is -0.387 e. The lowest BCUT2D eigenvalue weighted by Gasteiger charge is -2.17. The molecule has 2 atom stereocenters. The lowest BCUT2D eigenvalue weighted by molar-refractivity contribution is -0.123. The Hall–Kier alpha value is -1.10. The van der Waals surface area contributed by atoms with Crippen molar-refractivity contribution in [1.82, 2.24) is 5.32 Å². The molecule has 0 aromatic heterocycles. The summed E-state index contributed by atoms with van der Waals surface area (Å²) in [4.78, 5) is 11.8. The van der Waals surface area contributed by atoms with Gasteiger partial charge in [-0.3, -0.25) is 4.79 Å². The van der Waals surface area contributed by atoms with Gasteiger partial charge in [-0.2, -0.15) is 0 Å². The van der Waals surface area contributed by atoms with Crippen LogP contribution in [-0.2, 0) is 4.79 Å². The molecule has 0 aliphatic rings. The normalized spacial score (nSPS) is 13.5. The molecule has 0 radical (unpaired) electrons. The van der Waals surface area contributed by atoms with Crippen LogP contribution in [0.5, 0.6) is 0 Å². The zero-order valence-corrected chi connectivity index (χ0v) is 13.1. The molecular formula is C15H25ClN2O2. The molecule has 4 N–H and O–H groups in total. The van der Waals surface area contributed by atoms with Crippen LogP contribution in [-0.4, -0.2) is 23.6 Å². The summed E-state index contributed by atoms with van der Waals surface area (Å²) >= 11 is 0. The number of halogens is 1. The third kappa shape index (κ3) is 5.90. The van der Waals surface area contributed by atoms with Gasteiger partial charge in [-0.25, -0.2) is 0 Å². The summed E-state index contributed by atoms with van der Waals surface area (Å²) < 4.78 is 0. The number of hydrogen-bond donors (Lipinski definition) is 3. The standard InChI is InChI=1S/C15H24N2O2.ClH/c1-10(2)8-13(16)15(19)17-9-14(18)12-7-5-4-6-11(12)3;/h4-7,10,13-14,18H,8-9,16H2,1-3H3,(H,17,19);1H/t13-,14?;/m0./s1. The molecule has 0 saturated carbocycles. The van der Waals surface area contributed by atoms with E-state index in [-0.39, 0.29) is 24.9 Å². The van der Waals surface area contributed by atoms with Crippen LogP contribution in [0.3, 0.4) is 0 Å². The molecule has 5 heteroatoms. The summed E-state index contributed by atoms with van der Waals surface area (Å²) in [5, 5.41) is 12.8. The van der Waals surface area contributed by atoms with Gasteiger partial charge in [0.15, 0.2) is 0 Å². The molecule has 0 spiro atoms. The summed E-state index contributed by atoms with van der Waals surface area (Å²) in [5.74, 6) is 0.170. The van der Waals surface area contributed by atoms with Crippen LogP contribution in [0.4, 0.5) is 0 Å². The van der Waals surface area contributed by atoms with Gasteiger partial charge in [0.2, 0.25) is 5.91 Å². The first-order valence-electron chi connectivity index (χ1n) is 6.68. The van der Waals surface area contributed by atoms with Crippen LogP contribution < -0.4 is 11.1 Å². The van der Waals surface area contributed by atoms with E-state index in [0.717, 1.165) is 11.1 Å². The van der Waals surface area contributed by atoms with Crippen molar-refractivity contribution in [1.29, 1.82) is 0 Å². The van der Waals surface area contributed by atoms with Crippen LogP contribution in [0.25, 0.3) is 0 Å². The number of nitrogens with one attached hydrogen (secondary N) is 1. The molecule has 0 aliphatic carbocycles. The average molecular weight is 301 g/mol. The van der Waals surface area contributed by atoms with E-state index in [1.807, 2.05) is 45.0 Å². The van der Waals surface area contributed by atoms with Crippen molar-refractivity contribution in [3.8, 4) is 0 Å². The molecular weight excluding hydrogens is 276 g/mol. The van der Waals surface area contributed by atoms with Gasteiger partial charge in [0.25, 0.3) is 0 Å². The molecule has 0 bridgehead atoms. The van der Waals surface area contributed by atoms with Gasteiger partial charge >= 0.3 is 0 Å². The third-order valence-electron chi connectivity index (χ3n) is 3.08. The predicted molar refractivity (Wildman–Crippen MR) is 83.8 cm³/mol. The molecule has 1 amide bonds. The Morgan fingerprint density at radius 1 is 1.35 bits per heavy atom. The van der Waals surface area contributed by atoms with Crippen LogP contribution in [0.1, 0.15) is 37.5 Å². The first-order chi connectivity index (χ1) is 8.91. The maximum atomic E-state index is 11.8. The molecule has 1 aromatic rings. The van der Waals surface area contributed by atoms with Gasteiger partial charge in [-0.05, 0) is 30.4 Å². The zero-order chi connectivity index (χ0) is 14.4. The molecule has 0 heterocycles. The second-order valence-corrected chi connectivity index (χ2v) is 5.35. The molecule has 0 saturated heterocycles. The van der Waals surface area contributed by atoms with Gasteiger partial charge in [0.05, 0.1) is 12.1 Å². The van der Waals surface area contributed by atoms with E-state index >= 15 is 0 Å². The van der Waals surface area contributed by atoms with Gasteiger partial charge in [0, 0.05) is 6.54 Å². The fraction of sp³-hybridized carbons (Fsp3) is 0.533. The highest BCUT2D eigenvalue weighted by Gasteiger charge is 2.17. The number of aliphatic hydroxyl groups excluding tert-OH is 1. The van der Waals surface area contributed by atoms with Crippen molar-refractivity contribution in [2.45, 2.75) is 39.3 Å². The predicted octanol–water partition coefficient (Wildman–Crippen LogP) is 1.94. The highest BCUT2D eigenvalue weighted by molar-refractivity contribution is 5.85. The first-order valence-corrected chi connectivity index (χ1v) is 6.68. The number of aliphatic hydroxyl groups is 1. The fourth-order valence-electron chi connectivity index (χ4n) is 2.01. The Morgan fingerprint density at radius 3 is 2.50 bits per heavy atom. The quantitative estimate of drug-likeness (QED) is 0.751. The SMILES string of the molecule is Cc1ccccc1C(O)CNC(=O)[C@@H](N)CC(C)C.Cl. The summed E-state index contributed by atoms with van der Waals surface area (Å²) in [6.45, 7) is 6.17. The first kappa shape index (κ1) is 18.9. The van der Waals surface area contributed by atoms with Crippen molar-refractivity contribution >= 4 is 18.3 Å². The van der Waals surface area contributed by atoms with E-state index in [0.29, 0.717) is 12.3 Å². The van der Waals surface area contributed by atoms with Crippen molar-refractivity contribution in [3.05, 3.63) is 35.4 Å². The average Bonchev–Trinajstić information content (AvgIpc) is 2.35. The van der Waals surface area contributed by atoms with Crippen LogP contribution in [0, 0.1) is 12.8 Å². The minimum atomic E-state index is -0.698. The number of rotatable bonds is 6. The Balaban J connectivity index is 0.00000361. The van der Waals surface area contributed by atoms with E-state index in [4.69, 9.17) is 5.73 Å². The molecule has 1 unspecified atom stereocenters. The Morgan fingerprint density at radius 2 is 1.95 bits per heavy atom. The highest BCUT2D eigenvalue weighted by atomic mass is 35.5. The van der Waals surface area contributed by atoms with Gasteiger partial charge in [0.1, 0.15) is 0 Å². The second kappa shape index (κ2) is 8.95. The number of benzene rings is 1. The van der Waals surface area contributed by atoms with E-state index in [9.17, 15) is 9.90 Å². The van der Waals surface area contributed by atoms with Crippen LogP contribution in [0.15, 0.2) is 24.3 Å². The molecule has 20 heavy (non-hydrogen) atoms. The molecule has 0 fully saturated rings. The van der Waals surface area contributed by atoms with Crippen molar-refractivity contribution in [2.75, 3.05) is 6.54 Å². The third-order valence-corrected chi connectivity index (χ3v) is 3.08. The van der Waals surface area contributed by atoms with Crippen LogP contribution in [0.2, 0.25) is 0 Å². The van der Waals surface area contributed by atoms with Gasteiger partial charge in [-0.1, -0.05) is 38.1 Å². The fourth-order valence-corrected chi connectivity index (χ4v) is 2.01. The van der Waals surface area contributed by atoms with Crippen molar-refractivity contribution < 1.29 is 9.90 Å². The number of aryl methyl sites for hydroxylation is 1. The Kier molecular flexibility index (Phi) is 8.46. The van der Waals surface area contributed by atoms with E-state index in [1.54, 1.807) is 0 Å². The van der Waals surface area contributed by atoms with E-state index in [1.165, 1.54) is 0 Å². The summed E-state index contributed by atoms with van der Waals surface area (Å²) in [7, 11) is 0. The molecule has 4 nitrogen and oxygen atoms in total. The Labute approximate surface area is 127 Å². The lowest BCUT2D eigenvalue weighted by Crippen LogP contribution is -2.42. The number of amides is 1. The zero-order valence-electron chi connectivity index (χ0n) is 12.3. The second-order valence-electron chi connectivity index (χ2n) is 5.35. The maximum Gasteiger partial charge on any atom is 0.237 e. The molecule has 0 aliphatic heterocycles. The summed E-state index contributed by atoms with van der Waals surface area (Å²) in [6.07, 6.45) is -0.0526. The molecule has 114 valence electrons. The summed E-state index contributed by atoms with van der Waals surface area (Å²) in [6, 6.07) is 7.08. The monoisotopic (exact) mass is 300 g/mol. The van der Waals surface area contributed by atoms with Crippen molar-refractivity contribution in [2.24, 2.45) is 11.7 Å². The molecule has 1 aromatic carbocycles.